The Morgan fingerprint density at radius 2 is 1.92 bits per heavy atom. The van der Waals surface area contributed by atoms with Gasteiger partial charge in [-0.1, -0.05) is 31.2 Å². The average Bonchev–Trinajstić information content (AvgIpc) is 2.90. The second kappa shape index (κ2) is 11.4. The van der Waals surface area contributed by atoms with Crippen molar-refractivity contribution in [3.63, 3.8) is 0 Å². The van der Waals surface area contributed by atoms with Crippen molar-refractivity contribution in [3.8, 4) is 6.07 Å². The van der Waals surface area contributed by atoms with Gasteiger partial charge in [0.15, 0.2) is 0 Å². The lowest BCUT2D eigenvalue weighted by Crippen LogP contribution is -2.53. The first-order valence-electron chi connectivity index (χ1n) is 14.2. The van der Waals surface area contributed by atoms with Gasteiger partial charge in [-0.3, -0.25) is 0 Å². The molecule has 5 rings (SSSR count). The van der Waals surface area contributed by atoms with Crippen LogP contribution in [0.15, 0.2) is 30.5 Å². The maximum absolute atomic E-state index is 9.88. The molecule has 1 aromatic heterocycles. The molecule has 2 aromatic rings. The minimum atomic E-state index is -0.101. The quantitative estimate of drug-likeness (QED) is 0.395. The van der Waals surface area contributed by atoms with Gasteiger partial charge in [0, 0.05) is 25.2 Å². The van der Waals surface area contributed by atoms with Crippen LogP contribution in [0.25, 0.3) is 0 Å². The first kappa shape index (κ1) is 25.9. The van der Waals surface area contributed by atoms with Gasteiger partial charge in [-0.25, -0.2) is 4.98 Å². The number of hydrogen-bond acceptors (Lipinski definition) is 7. The predicted octanol–water partition coefficient (Wildman–Crippen LogP) is 5.16. The fourth-order valence-corrected chi connectivity index (χ4v) is 7.21. The molecule has 4 atom stereocenters. The number of benzene rings is 1. The first-order valence-corrected chi connectivity index (χ1v) is 14.2. The maximum Gasteiger partial charge on any atom is 0.224 e. The molecule has 3 aliphatic carbocycles. The maximum atomic E-state index is 9.88. The van der Waals surface area contributed by atoms with Crippen molar-refractivity contribution in [3.05, 3.63) is 47.2 Å². The molecule has 1 heterocycles. The molecule has 0 radical (unpaired) electrons. The van der Waals surface area contributed by atoms with Crippen molar-refractivity contribution in [2.45, 2.75) is 96.4 Å². The van der Waals surface area contributed by atoms with Crippen LogP contribution in [0.1, 0.15) is 81.4 Å². The van der Waals surface area contributed by atoms with E-state index in [-0.39, 0.29) is 11.5 Å². The number of nitriles is 1. The van der Waals surface area contributed by atoms with E-state index < -0.39 is 0 Å². The van der Waals surface area contributed by atoms with Gasteiger partial charge in [-0.15, -0.1) is 0 Å². The van der Waals surface area contributed by atoms with Crippen LogP contribution >= 0.6 is 0 Å². The van der Waals surface area contributed by atoms with Gasteiger partial charge < -0.3 is 21.1 Å². The zero-order chi connectivity index (χ0) is 25.8. The number of fused-ring (bicyclic) bond motifs is 2. The molecular formula is C30H42N6O. The van der Waals surface area contributed by atoms with Gasteiger partial charge >= 0.3 is 0 Å². The van der Waals surface area contributed by atoms with Crippen LogP contribution in [0.3, 0.4) is 0 Å². The molecule has 0 saturated heterocycles. The Kier molecular flexibility index (Phi) is 7.97. The van der Waals surface area contributed by atoms with Crippen LogP contribution in [0.5, 0.6) is 0 Å². The average molecular weight is 503 g/mol. The molecule has 37 heavy (non-hydrogen) atoms. The van der Waals surface area contributed by atoms with Crippen LogP contribution in [0, 0.1) is 35.5 Å². The van der Waals surface area contributed by atoms with E-state index >= 15 is 0 Å². The summed E-state index contributed by atoms with van der Waals surface area (Å²) in [7, 11) is 0. The lowest BCUT2D eigenvalue weighted by atomic mass is 9.57. The number of rotatable bonds is 8. The molecule has 7 heteroatoms. The Hall–Kier alpha value is -2.69. The van der Waals surface area contributed by atoms with Crippen LogP contribution in [0.2, 0.25) is 0 Å². The largest absolute Gasteiger partial charge is 0.393 e. The smallest absolute Gasteiger partial charge is 0.224 e. The van der Waals surface area contributed by atoms with Crippen LogP contribution in [0.4, 0.5) is 11.8 Å². The van der Waals surface area contributed by atoms with Crippen LogP contribution in [-0.2, 0) is 6.54 Å². The van der Waals surface area contributed by atoms with E-state index in [9.17, 15) is 10.4 Å². The highest BCUT2D eigenvalue weighted by molar-refractivity contribution is 5.53. The van der Waals surface area contributed by atoms with Crippen molar-refractivity contribution < 1.29 is 5.11 Å². The Balaban J connectivity index is 1.22. The number of aliphatic hydroxyl groups is 1. The molecule has 1 unspecified atom stereocenters. The summed E-state index contributed by atoms with van der Waals surface area (Å²) in [6, 6.07) is 11.7. The second-order valence-corrected chi connectivity index (χ2v) is 12.0. The van der Waals surface area contributed by atoms with Gasteiger partial charge in [-0.05, 0) is 93.1 Å². The highest BCUT2D eigenvalue weighted by Crippen LogP contribution is 2.51. The lowest BCUT2D eigenvalue weighted by molar-refractivity contribution is 0.0242. The molecule has 2 bridgehead atoms. The molecule has 198 valence electrons. The second-order valence-electron chi connectivity index (χ2n) is 12.0. The van der Waals surface area contributed by atoms with Crippen molar-refractivity contribution in [1.29, 1.82) is 5.26 Å². The van der Waals surface area contributed by atoms with E-state index in [1.54, 1.807) is 6.20 Å². The highest BCUT2D eigenvalue weighted by atomic mass is 16.3. The zero-order valence-electron chi connectivity index (χ0n) is 22.3. The Bertz CT molecular complexity index is 1110. The Morgan fingerprint density at radius 3 is 2.70 bits per heavy atom. The molecule has 3 saturated carbocycles. The molecule has 0 spiro atoms. The van der Waals surface area contributed by atoms with Crippen LogP contribution in [-0.4, -0.2) is 39.8 Å². The summed E-state index contributed by atoms with van der Waals surface area (Å²) in [5.41, 5.74) is 3.18. The third-order valence-electron chi connectivity index (χ3n) is 9.12. The molecule has 7 nitrogen and oxygen atoms in total. The number of aromatic nitrogens is 2. The van der Waals surface area contributed by atoms with Crippen molar-refractivity contribution in [1.82, 2.24) is 15.3 Å². The van der Waals surface area contributed by atoms with E-state index in [0.717, 1.165) is 32.2 Å². The van der Waals surface area contributed by atoms with Gasteiger partial charge in [0.2, 0.25) is 5.95 Å². The van der Waals surface area contributed by atoms with Gasteiger partial charge in [0.1, 0.15) is 17.5 Å². The Morgan fingerprint density at radius 1 is 1.11 bits per heavy atom. The molecule has 3 aliphatic rings. The number of anilines is 2. The number of aliphatic hydroxyl groups excluding tert-OH is 1. The lowest BCUT2D eigenvalue weighted by Gasteiger charge is -2.52. The predicted molar refractivity (Wildman–Crippen MR) is 147 cm³/mol. The summed E-state index contributed by atoms with van der Waals surface area (Å²) in [5.74, 6) is 2.57. The van der Waals surface area contributed by atoms with Gasteiger partial charge in [0.05, 0.1) is 12.3 Å². The topological polar surface area (TPSA) is 106 Å². The van der Waals surface area contributed by atoms with Gasteiger partial charge in [-0.2, -0.15) is 10.2 Å². The number of aryl methyl sites for hydroxylation is 1. The van der Waals surface area contributed by atoms with E-state index in [2.05, 4.69) is 53.0 Å². The SMILES string of the molecule is Cc1ccccc1CNc1ncc(C#N)c(NC[C@@]23CC[C@@H](N[C@H]4CC[C@H](O)CC4)[C@@H](CC(C)C2)C3)n1. The summed E-state index contributed by atoms with van der Waals surface area (Å²) >= 11 is 0. The molecule has 0 amide bonds. The fourth-order valence-electron chi connectivity index (χ4n) is 7.21. The molecule has 0 aliphatic heterocycles. The first-order chi connectivity index (χ1) is 17.9. The number of nitrogens with one attached hydrogen (secondary N) is 3. The molecule has 1 aromatic carbocycles. The van der Waals surface area contributed by atoms with Crippen molar-refractivity contribution in [2.24, 2.45) is 17.3 Å². The molecule has 4 N–H and O–H groups in total. The third-order valence-corrected chi connectivity index (χ3v) is 9.12. The summed E-state index contributed by atoms with van der Waals surface area (Å²) in [6.45, 7) is 6.00. The summed E-state index contributed by atoms with van der Waals surface area (Å²) < 4.78 is 0. The normalized spacial score (nSPS) is 31.4. The summed E-state index contributed by atoms with van der Waals surface area (Å²) in [6.07, 6.45) is 11.7. The third kappa shape index (κ3) is 6.25. The summed E-state index contributed by atoms with van der Waals surface area (Å²) in [4.78, 5) is 9.09. The van der Waals surface area contributed by atoms with E-state index in [1.165, 1.54) is 43.2 Å². The standard InChI is InChI=1S/C30H42N6O/c1-20-13-23-15-30(14-20,12-11-27(23)35-25-7-9-26(37)10-8-25)19-34-28-24(16-31)18-33-29(36-28)32-17-22-6-4-3-5-21(22)2/h3-6,18,20,23,25-27,35,37H,7-15,17,19H2,1-2H3,(H2,32,33,34,36)/t20?,23-,25-,26-,27+,30-/m0/s1. The minimum absolute atomic E-state index is 0.101. The molecule has 3 fully saturated rings. The van der Waals surface area contributed by atoms with Crippen LogP contribution < -0.4 is 16.0 Å². The molecular weight excluding hydrogens is 460 g/mol. The number of nitrogens with zero attached hydrogens (tertiary/aromatic N) is 3. The van der Waals surface area contributed by atoms with Crippen molar-refractivity contribution >= 4 is 11.8 Å². The van der Waals surface area contributed by atoms with E-state index in [1.807, 2.05) is 12.1 Å². The Labute approximate surface area is 221 Å². The van der Waals surface area contributed by atoms with Crippen molar-refractivity contribution in [2.75, 3.05) is 17.2 Å². The summed E-state index contributed by atoms with van der Waals surface area (Å²) in [5, 5.41) is 30.5. The zero-order valence-corrected chi connectivity index (χ0v) is 22.3. The monoisotopic (exact) mass is 502 g/mol. The number of hydrogen-bond donors (Lipinski definition) is 4. The van der Waals surface area contributed by atoms with E-state index in [0.29, 0.717) is 47.8 Å². The highest BCUT2D eigenvalue weighted by Gasteiger charge is 2.46. The fraction of sp³-hybridized carbons (Fsp3) is 0.633. The minimum Gasteiger partial charge on any atom is -0.393 e. The van der Waals surface area contributed by atoms with Gasteiger partial charge in [0.25, 0.3) is 0 Å². The van der Waals surface area contributed by atoms with E-state index in [4.69, 9.17) is 4.98 Å².